The maximum Gasteiger partial charge on any atom is 0.247 e. The number of rotatable bonds is 11. The molecule has 0 spiro atoms. The van der Waals surface area contributed by atoms with Crippen molar-refractivity contribution in [1.29, 1.82) is 0 Å². The first-order chi connectivity index (χ1) is 18.3. The molecule has 2 N–H and O–H groups in total. The fourth-order valence-corrected chi connectivity index (χ4v) is 4.27. The molecule has 0 atom stereocenters. The molecule has 0 fully saturated rings. The van der Waals surface area contributed by atoms with Gasteiger partial charge in [-0.05, 0) is 37.9 Å². The van der Waals surface area contributed by atoms with Gasteiger partial charge in [0.25, 0.3) is 0 Å². The second-order valence-electron chi connectivity index (χ2n) is 9.14. The second kappa shape index (κ2) is 11.8. The van der Waals surface area contributed by atoms with Gasteiger partial charge in [0, 0.05) is 62.1 Å². The van der Waals surface area contributed by atoms with Gasteiger partial charge in [-0.15, -0.1) is 0 Å². The van der Waals surface area contributed by atoms with Crippen LogP contribution in [0.1, 0.15) is 6.92 Å². The Kier molecular flexibility index (Phi) is 8.28. The monoisotopic (exact) mass is 513 g/mol. The third kappa shape index (κ3) is 5.78. The summed E-state index contributed by atoms with van der Waals surface area (Å²) >= 11 is 0. The molecule has 9 nitrogen and oxygen atoms in total. The molecular formula is C29H35N7O2. The number of carbonyl (C=O) groups excluding carboxylic acids is 1. The fraction of sp³-hybridized carbons (Fsp3) is 0.276. The van der Waals surface area contributed by atoms with Crippen LogP contribution < -0.4 is 20.3 Å². The van der Waals surface area contributed by atoms with E-state index < -0.39 is 0 Å². The summed E-state index contributed by atoms with van der Waals surface area (Å²) in [5.41, 5.74) is 5.04. The minimum absolute atomic E-state index is 0.296. The summed E-state index contributed by atoms with van der Waals surface area (Å²) in [5, 5.41) is 7.33. The van der Waals surface area contributed by atoms with Crippen molar-refractivity contribution >= 4 is 39.8 Å². The van der Waals surface area contributed by atoms with Crippen LogP contribution in [0.3, 0.4) is 0 Å². The number of hydrogen-bond acceptors (Lipinski definition) is 7. The van der Waals surface area contributed by atoms with Gasteiger partial charge in [0.05, 0.1) is 29.9 Å². The zero-order chi connectivity index (χ0) is 27.2. The quantitative estimate of drug-likeness (QED) is 0.276. The first-order valence-corrected chi connectivity index (χ1v) is 12.5. The molecule has 0 aliphatic carbocycles. The number of nitrogens with zero attached hydrogens (tertiary/aromatic N) is 5. The second-order valence-corrected chi connectivity index (χ2v) is 9.14. The molecular weight excluding hydrogens is 478 g/mol. The number of aromatic nitrogens is 3. The average molecular weight is 514 g/mol. The topological polar surface area (TPSA) is 87.5 Å². The van der Waals surface area contributed by atoms with Crippen molar-refractivity contribution in [2.24, 2.45) is 7.05 Å². The molecule has 0 radical (unpaired) electrons. The fourth-order valence-electron chi connectivity index (χ4n) is 4.27. The van der Waals surface area contributed by atoms with E-state index in [-0.39, 0.29) is 5.91 Å². The Morgan fingerprint density at radius 2 is 1.95 bits per heavy atom. The zero-order valence-corrected chi connectivity index (χ0v) is 22.7. The molecule has 0 saturated heterocycles. The summed E-state index contributed by atoms with van der Waals surface area (Å²) in [5.74, 6) is 0.725. The standard InChI is InChI=1S/C29H35N7O2/c1-7-28(37)31-23-17-24(27(38-6)18-26(23)35(4)16-15-34(3)8-2)33-29-30-14-13-22(32-29)21-19-36(5)25-12-10-9-11-20(21)25/h7,9-14,17-19H,1,8,15-16H2,2-6H3,(H,31,37)(H,30,32,33). The summed E-state index contributed by atoms with van der Waals surface area (Å²) in [6.07, 6.45) is 5.05. The van der Waals surface area contributed by atoms with Gasteiger partial charge in [0.1, 0.15) is 5.75 Å². The van der Waals surface area contributed by atoms with Crippen LogP contribution in [0, 0.1) is 0 Å². The lowest BCUT2D eigenvalue weighted by Gasteiger charge is -2.26. The van der Waals surface area contributed by atoms with Crippen molar-refractivity contribution in [3.8, 4) is 17.0 Å². The van der Waals surface area contributed by atoms with Crippen molar-refractivity contribution in [3.05, 3.63) is 67.5 Å². The van der Waals surface area contributed by atoms with Crippen LogP contribution in [-0.4, -0.2) is 66.2 Å². The van der Waals surface area contributed by atoms with Gasteiger partial charge < -0.3 is 29.7 Å². The molecule has 2 aromatic heterocycles. The molecule has 0 aliphatic rings. The number of amides is 1. The minimum Gasteiger partial charge on any atom is -0.494 e. The van der Waals surface area contributed by atoms with E-state index in [0.717, 1.165) is 47.5 Å². The maximum atomic E-state index is 12.3. The largest absolute Gasteiger partial charge is 0.494 e. The van der Waals surface area contributed by atoms with Gasteiger partial charge in [-0.1, -0.05) is 31.7 Å². The first kappa shape index (κ1) is 26.7. The Labute approximate surface area is 223 Å². The van der Waals surface area contributed by atoms with Crippen molar-refractivity contribution in [2.45, 2.75) is 6.92 Å². The molecule has 198 valence electrons. The SMILES string of the molecule is C=CC(=O)Nc1cc(Nc2nccc(-c3cn(C)c4ccccc34)n2)c(OC)cc1N(C)CCN(C)CC. The van der Waals surface area contributed by atoms with E-state index in [0.29, 0.717) is 23.1 Å². The van der Waals surface area contributed by atoms with Gasteiger partial charge in [-0.3, -0.25) is 4.79 Å². The number of aryl methyl sites for hydroxylation is 1. The highest BCUT2D eigenvalue weighted by Crippen LogP contribution is 2.38. The molecule has 0 bridgehead atoms. The van der Waals surface area contributed by atoms with Gasteiger partial charge in [0.15, 0.2) is 0 Å². The molecule has 2 aromatic carbocycles. The number of carbonyl (C=O) groups is 1. The Bertz CT molecular complexity index is 1450. The molecule has 4 rings (SSSR count). The Balaban J connectivity index is 1.69. The number of fused-ring (bicyclic) bond motifs is 1. The van der Waals surface area contributed by atoms with E-state index in [1.807, 2.05) is 44.4 Å². The molecule has 38 heavy (non-hydrogen) atoms. The summed E-state index contributed by atoms with van der Waals surface area (Å²) in [7, 11) is 7.71. The van der Waals surface area contributed by atoms with E-state index in [1.165, 1.54) is 6.08 Å². The molecule has 4 aromatic rings. The number of para-hydroxylation sites is 1. The van der Waals surface area contributed by atoms with E-state index >= 15 is 0 Å². The third-order valence-corrected chi connectivity index (χ3v) is 6.60. The van der Waals surface area contributed by atoms with Gasteiger partial charge in [0.2, 0.25) is 11.9 Å². The summed E-state index contributed by atoms with van der Waals surface area (Å²) in [4.78, 5) is 25.8. The highest BCUT2D eigenvalue weighted by Gasteiger charge is 2.17. The van der Waals surface area contributed by atoms with Crippen LogP contribution in [0.4, 0.5) is 23.0 Å². The first-order valence-electron chi connectivity index (χ1n) is 12.5. The van der Waals surface area contributed by atoms with Crippen LogP contribution in [0.15, 0.2) is 67.5 Å². The number of benzene rings is 2. The smallest absolute Gasteiger partial charge is 0.247 e. The summed E-state index contributed by atoms with van der Waals surface area (Å²) in [6.45, 7) is 8.32. The van der Waals surface area contributed by atoms with Crippen molar-refractivity contribution in [1.82, 2.24) is 19.4 Å². The van der Waals surface area contributed by atoms with E-state index in [4.69, 9.17) is 9.72 Å². The van der Waals surface area contributed by atoms with Crippen LogP contribution in [-0.2, 0) is 11.8 Å². The van der Waals surface area contributed by atoms with E-state index in [2.05, 4.69) is 68.9 Å². The Morgan fingerprint density at radius 3 is 2.68 bits per heavy atom. The molecule has 9 heteroatoms. The lowest BCUT2D eigenvalue weighted by Crippen LogP contribution is -2.31. The lowest BCUT2D eigenvalue weighted by atomic mass is 10.1. The molecule has 0 aliphatic heterocycles. The van der Waals surface area contributed by atoms with Gasteiger partial charge in [-0.2, -0.15) is 0 Å². The Hall–Kier alpha value is -4.37. The Morgan fingerprint density at radius 1 is 1.16 bits per heavy atom. The molecule has 2 heterocycles. The van der Waals surface area contributed by atoms with E-state index in [1.54, 1.807) is 13.3 Å². The lowest BCUT2D eigenvalue weighted by molar-refractivity contribution is -0.111. The van der Waals surface area contributed by atoms with Crippen LogP contribution >= 0.6 is 0 Å². The number of ether oxygens (including phenoxy) is 1. The highest BCUT2D eigenvalue weighted by atomic mass is 16.5. The molecule has 0 saturated carbocycles. The number of methoxy groups -OCH3 is 1. The van der Waals surface area contributed by atoms with Crippen molar-refractivity contribution in [3.63, 3.8) is 0 Å². The summed E-state index contributed by atoms with van der Waals surface area (Å²) < 4.78 is 7.81. The number of hydrogen-bond donors (Lipinski definition) is 2. The predicted molar refractivity (Wildman–Crippen MR) is 155 cm³/mol. The average Bonchev–Trinajstić information content (AvgIpc) is 3.28. The predicted octanol–water partition coefficient (Wildman–Crippen LogP) is 4.90. The van der Waals surface area contributed by atoms with Crippen LogP contribution in [0.2, 0.25) is 0 Å². The van der Waals surface area contributed by atoms with Gasteiger partial charge >= 0.3 is 0 Å². The van der Waals surface area contributed by atoms with Gasteiger partial charge in [-0.25, -0.2) is 9.97 Å². The molecule has 0 unspecified atom stereocenters. The maximum absolute atomic E-state index is 12.3. The third-order valence-electron chi connectivity index (χ3n) is 6.60. The summed E-state index contributed by atoms with van der Waals surface area (Å²) in [6, 6.07) is 13.9. The minimum atomic E-state index is -0.296. The normalized spacial score (nSPS) is 11.0. The van der Waals surface area contributed by atoms with Crippen LogP contribution in [0.5, 0.6) is 5.75 Å². The van der Waals surface area contributed by atoms with Crippen LogP contribution in [0.25, 0.3) is 22.2 Å². The van der Waals surface area contributed by atoms with Crippen molar-refractivity contribution in [2.75, 3.05) is 56.4 Å². The molecule has 1 amide bonds. The van der Waals surface area contributed by atoms with Crippen molar-refractivity contribution < 1.29 is 9.53 Å². The van der Waals surface area contributed by atoms with E-state index in [9.17, 15) is 4.79 Å². The highest BCUT2D eigenvalue weighted by molar-refractivity contribution is 6.02. The number of nitrogens with one attached hydrogen (secondary N) is 2. The zero-order valence-electron chi connectivity index (χ0n) is 22.7. The number of likely N-dealkylation sites (N-methyl/N-ethyl adjacent to an activating group) is 2. The number of anilines is 4.